The Morgan fingerprint density at radius 2 is 1.18 bits per heavy atom. The molecule has 4 aromatic rings. The molecule has 0 aliphatic carbocycles. The average Bonchev–Trinajstić information content (AvgIpc) is 2.84. The van der Waals surface area contributed by atoms with E-state index in [0.717, 1.165) is 11.1 Å². The number of aryl methyl sites for hydroxylation is 2. The summed E-state index contributed by atoms with van der Waals surface area (Å²) < 4.78 is 28.0. The normalized spacial score (nSPS) is 11.9. The molecule has 0 unspecified atom stereocenters. The van der Waals surface area contributed by atoms with Gasteiger partial charge in [0.25, 0.3) is 0 Å². The molecule has 4 aromatic carbocycles. The van der Waals surface area contributed by atoms with Crippen LogP contribution < -0.4 is 5.32 Å². The first kappa shape index (κ1) is 22.8. The molecule has 2 N–H and O–H groups in total. The number of nitrogens with one attached hydrogen (secondary N) is 1. The third kappa shape index (κ3) is 4.06. The minimum Gasteiger partial charge on any atom is -0.387 e. The Hall–Kier alpha value is -3.41. The largest absolute Gasteiger partial charge is 0.387 e. The van der Waals surface area contributed by atoms with Crippen LogP contribution in [0.25, 0.3) is 0 Å². The number of sulfone groups is 1. The van der Waals surface area contributed by atoms with Gasteiger partial charge >= 0.3 is 0 Å². The Bertz CT molecular complexity index is 1340. The second-order valence-electron chi connectivity index (χ2n) is 8.20. The molecule has 5 heteroatoms. The maximum Gasteiger partial charge on any atom is 0.209 e. The van der Waals surface area contributed by atoms with Crippen molar-refractivity contribution in [1.29, 1.82) is 0 Å². The van der Waals surface area contributed by atoms with Crippen LogP contribution in [0.2, 0.25) is 0 Å². The Morgan fingerprint density at radius 1 is 0.697 bits per heavy atom. The number of rotatable bonds is 6. The molecule has 0 saturated carbocycles. The molecule has 4 rings (SSSR count). The summed E-state index contributed by atoms with van der Waals surface area (Å²) in [5, 5.41) is 15.3. The van der Waals surface area contributed by atoms with Gasteiger partial charge in [-0.1, -0.05) is 84.4 Å². The van der Waals surface area contributed by atoms with Crippen LogP contribution >= 0.6 is 0 Å². The third-order valence-electron chi connectivity index (χ3n) is 5.89. The fourth-order valence-electron chi connectivity index (χ4n) is 4.19. The van der Waals surface area contributed by atoms with E-state index in [4.69, 9.17) is 0 Å². The molecule has 0 aliphatic rings. The van der Waals surface area contributed by atoms with Gasteiger partial charge in [-0.2, -0.15) is 0 Å². The van der Waals surface area contributed by atoms with Gasteiger partial charge in [0, 0.05) is 12.6 Å². The summed E-state index contributed by atoms with van der Waals surface area (Å²) in [5.74, 6) is 0. The lowest BCUT2D eigenvalue weighted by atomic mass is 9.80. The molecule has 0 radical (unpaired) electrons. The van der Waals surface area contributed by atoms with Gasteiger partial charge in [0.2, 0.25) is 9.84 Å². The number of aliphatic hydroxyl groups is 1. The first-order valence-corrected chi connectivity index (χ1v) is 12.2. The number of anilines is 1. The van der Waals surface area contributed by atoms with Gasteiger partial charge in [-0.15, -0.1) is 0 Å². The molecule has 0 spiro atoms. The maximum absolute atomic E-state index is 14.0. The highest BCUT2D eigenvalue weighted by Gasteiger charge is 2.39. The second kappa shape index (κ2) is 8.85. The van der Waals surface area contributed by atoms with E-state index in [1.54, 1.807) is 43.4 Å². The molecule has 0 saturated heterocycles. The molecule has 0 bridgehead atoms. The van der Waals surface area contributed by atoms with Crippen molar-refractivity contribution in [2.24, 2.45) is 0 Å². The highest BCUT2D eigenvalue weighted by Crippen LogP contribution is 2.42. The van der Waals surface area contributed by atoms with Crippen LogP contribution in [0, 0.1) is 13.8 Å². The second-order valence-corrected chi connectivity index (χ2v) is 10.1. The van der Waals surface area contributed by atoms with Gasteiger partial charge in [0.05, 0.1) is 15.5 Å². The fraction of sp³-hybridized carbons (Fsp3) is 0.143. The SMILES string of the molecule is CNc1cc(C)ccc1S(=O)(=O)c1ccc(C)cc1C(O)(c1ccccc1)c1ccccc1. The van der Waals surface area contributed by atoms with E-state index >= 15 is 0 Å². The minimum atomic E-state index is -3.97. The molecule has 0 atom stereocenters. The van der Waals surface area contributed by atoms with Gasteiger partial charge in [-0.3, -0.25) is 0 Å². The van der Waals surface area contributed by atoms with Crippen LogP contribution in [0.5, 0.6) is 0 Å². The van der Waals surface area contributed by atoms with Crippen LogP contribution in [0.3, 0.4) is 0 Å². The van der Waals surface area contributed by atoms with Crippen LogP contribution in [-0.2, 0) is 15.4 Å². The first-order valence-electron chi connectivity index (χ1n) is 10.8. The predicted molar refractivity (Wildman–Crippen MR) is 132 cm³/mol. The fourth-order valence-corrected chi connectivity index (χ4v) is 5.87. The zero-order valence-electron chi connectivity index (χ0n) is 18.9. The summed E-state index contributed by atoms with van der Waals surface area (Å²) in [6.45, 7) is 3.80. The summed E-state index contributed by atoms with van der Waals surface area (Å²) in [5.41, 5.74) is 2.17. The van der Waals surface area contributed by atoms with Gasteiger partial charge < -0.3 is 10.4 Å². The van der Waals surface area contributed by atoms with Gasteiger partial charge in [0.1, 0.15) is 5.60 Å². The highest BCUT2D eigenvalue weighted by molar-refractivity contribution is 7.91. The van der Waals surface area contributed by atoms with Gasteiger partial charge in [-0.25, -0.2) is 8.42 Å². The topological polar surface area (TPSA) is 66.4 Å². The maximum atomic E-state index is 14.0. The van der Waals surface area contributed by atoms with Crippen molar-refractivity contribution in [3.05, 3.63) is 125 Å². The van der Waals surface area contributed by atoms with Crippen molar-refractivity contribution in [3.63, 3.8) is 0 Å². The van der Waals surface area contributed by atoms with E-state index in [1.807, 2.05) is 74.5 Å². The van der Waals surface area contributed by atoms with Crippen molar-refractivity contribution >= 4 is 15.5 Å². The van der Waals surface area contributed by atoms with E-state index in [-0.39, 0.29) is 9.79 Å². The lowest BCUT2D eigenvalue weighted by Gasteiger charge is -2.32. The zero-order valence-corrected chi connectivity index (χ0v) is 19.7. The molecular formula is C28H27NO3S. The molecule has 4 nitrogen and oxygen atoms in total. The number of hydrogen-bond donors (Lipinski definition) is 2. The summed E-state index contributed by atoms with van der Waals surface area (Å²) in [6.07, 6.45) is 0. The monoisotopic (exact) mass is 457 g/mol. The lowest BCUT2D eigenvalue weighted by molar-refractivity contribution is 0.122. The van der Waals surface area contributed by atoms with Crippen LogP contribution in [0.15, 0.2) is 107 Å². The van der Waals surface area contributed by atoms with Crippen molar-refractivity contribution in [1.82, 2.24) is 0 Å². The molecular weight excluding hydrogens is 430 g/mol. The molecule has 0 fully saturated rings. The third-order valence-corrected chi connectivity index (χ3v) is 7.76. The molecule has 0 amide bonds. The van der Waals surface area contributed by atoms with Gasteiger partial charge in [-0.05, 0) is 48.7 Å². The van der Waals surface area contributed by atoms with E-state index in [2.05, 4.69) is 5.32 Å². The predicted octanol–water partition coefficient (Wildman–Crippen LogP) is 5.46. The summed E-state index contributed by atoms with van der Waals surface area (Å²) >= 11 is 0. The van der Waals surface area contributed by atoms with Crippen molar-refractivity contribution < 1.29 is 13.5 Å². The van der Waals surface area contributed by atoms with Crippen molar-refractivity contribution in [3.8, 4) is 0 Å². The average molecular weight is 458 g/mol. The van der Waals surface area contributed by atoms with Crippen molar-refractivity contribution in [2.75, 3.05) is 12.4 Å². The first-order chi connectivity index (χ1) is 15.8. The van der Waals surface area contributed by atoms with E-state index in [0.29, 0.717) is 22.4 Å². The Morgan fingerprint density at radius 3 is 1.70 bits per heavy atom. The molecule has 33 heavy (non-hydrogen) atoms. The summed E-state index contributed by atoms with van der Waals surface area (Å²) in [6, 6.07) is 28.7. The minimum absolute atomic E-state index is 0.0728. The van der Waals surface area contributed by atoms with E-state index in [9.17, 15) is 13.5 Å². The number of hydrogen-bond acceptors (Lipinski definition) is 4. The summed E-state index contributed by atoms with van der Waals surface area (Å²) in [7, 11) is -2.27. The van der Waals surface area contributed by atoms with E-state index in [1.165, 1.54) is 0 Å². The van der Waals surface area contributed by atoms with Crippen LogP contribution in [-0.4, -0.2) is 20.6 Å². The van der Waals surface area contributed by atoms with Crippen LogP contribution in [0.1, 0.15) is 27.8 Å². The summed E-state index contributed by atoms with van der Waals surface area (Å²) in [4.78, 5) is 0.243. The Balaban J connectivity index is 2.06. The van der Waals surface area contributed by atoms with Crippen molar-refractivity contribution in [2.45, 2.75) is 29.2 Å². The highest BCUT2D eigenvalue weighted by atomic mass is 32.2. The van der Waals surface area contributed by atoms with E-state index < -0.39 is 15.4 Å². The van der Waals surface area contributed by atoms with Crippen LogP contribution in [0.4, 0.5) is 5.69 Å². The number of benzene rings is 4. The smallest absolute Gasteiger partial charge is 0.209 e. The van der Waals surface area contributed by atoms with Gasteiger partial charge in [0.15, 0.2) is 0 Å². The molecule has 168 valence electrons. The Kier molecular flexibility index (Phi) is 6.11. The lowest BCUT2D eigenvalue weighted by Crippen LogP contribution is -2.31. The molecule has 0 aliphatic heterocycles. The zero-order chi connectivity index (χ0) is 23.6. The molecule has 0 aromatic heterocycles. The molecule has 0 heterocycles. The standard InChI is InChI=1S/C28H27NO3S/c1-20-14-16-26(33(31,32)27-17-15-21(2)19-25(27)29-3)24(18-20)28(30,22-10-6-4-7-11-22)23-12-8-5-9-13-23/h4-19,29-30H,1-3H3. The Labute approximate surface area is 195 Å². The quantitative estimate of drug-likeness (QED) is 0.377.